The Kier molecular flexibility index (Phi) is 5.65. The standard InChI is InChI=1S/C17H19N3O.HI/c1-12-6-8-14(9-7-12)20-17(18)19-11-15-10-13-4-2-3-5-16(13)21-15;/h2-9,15H,10-11H2,1H3,(H3,18,19,20);1H. The molecular weight excluding hydrogens is 389 g/mol. The van der Waals surface area contributed by atoms with E-state index in [4.69, 9.17) is 10.5 Å². The van der Waals surface area contributed by atoms with Gasteiger partial charge < -0.3 is 15.8 Å². The number of halogens is 1. The van der Waals surface area contributed by atoms with E-state index in [1.807, 2.05) is 42.5 Å². The second-order valence-electron chi connectivity index (χ2n) is 5.27. The van der Waals surface area contributed by atoms with E-state index in [0.717, 1.165) is 17.9 Å². The predicted molar refractivity (Wildman–Crippen MR) is 101 cm³/mol. The minimum absolute atomic E-state index is 0. The molecule has 1 heterocycles. The van der Waals surface area contributed by atoms with Gasteiger partial charge in [-0.3, -0.25) is 0 Å². The Balaban J connectivity index is 0.00000176. The number of nitrogens with two attached hydrogens (primary N) is 1. The van der Waals surface area contributed by atoms with E-state index in [-0.39, 0.29) is 30.1 Å². The van der Waals surface area contributed by atoms with Gasteiger partial charge >= 0.3 is 0 Å². The Morgan fingerprint density at radius 1 is 1.23 bits per heavy atom. The van der Waals surface area contributed by atoms with Crippen molar-refractivity contribution in [1.82, 2.24) is 0 Å². The van der Waals surface area contributed by atoms with Crippen LogP contribution in [0.25, 0.3) is 0 Å². The SMILES string of the molecule is Cc1ccc(NC(N)=NCC2Cc3ccccc3O2)cc1.I. The van der Waals surface area contributed by atoms with E-state index >= 15 is 0 Å². The number of aliphatic imine (C=N–C) groups is 1. The molecule has 0 bridgehead atoms. The molecule has 5 heteroatoms. The topological polar surface area (TPSA) is 59.6 Å². The lowest BCUT2D eigenvalue weighted by Crippen LogP contribution is -2.26. The third-order valence-corrected chi connectivity index (χ3v) is 3.50. The molecule has 0 radical (unpaired) electrons. The van der Waals surface area contributed by atoms with Crippen LogP contribution in [0.5, 0.6) is 5.75 Å². The van der Waals surface area contributed by atoms with E-state index in [0.29, 0.717) is 12.5 Å². The van der Waals surface area contributed by atoms with Crippen LogP contribution in [0, 0.1) is 6.92 Å². The van der Waals surface area contributed by atoms with Crippen LogP contribution in [0.3, 0.4) is 0 Å². The Morgan fingerprint density at radius 2 is 1.95 bits per heavy atom. The fourth-order valence-electron chi connectivity index (χ4n) is 2.38. The molecule has 4 nitrogen and oxygen atoms in total. The van der Waals surface area contributed by atoms with Crippen molar-refractivity contribution in [3.63, 3.8) is 0 Å². The maximum atomic E-state index is 5.91. The maximum Gasteiger partial charge on any atom is 0.193 e. The molecule has 3 N–H and O–H groups in total. The van der Waals surface area contributed by atoms with Gasteiger partial charge in [0.2, 0.25) is 0 Å². The lowest BCUT2D eigenvalue weighted by molar-refractivity contribution is 0.242. The van der Waals surface area contributed by atoms with Gasteiger partial charge in [-0.15, -0.1) is 24.0 Å². The number of benzene rings is 2. The van der Waals surface area contributed by atoms with Crippen LogP contribution < -0.4 is 15.8 Å². The highest BCUT2D eigenvalue weighted by Crippen LogP contribution is 2.28. The first-order chi connectivity index (χ1) is 10.2. The molecule has 1 aliphatic heterocycles. The highest BCUT2D eigenvalue weighted by atomic mass is 127. The second kappa shape index (κ2) is 7.49. The normalized spacial score (nSPS) is 16.4. The number of hydrogen-bond acceptors (Lipinski definition) is 2. The van der Waals surface area contributed by atoms with Gasteiger partial charge in [0.1, 0.15) is 11.9 Å². The molecule has 0 saturated carbocycles. The molecule has 0 spiro atoms. The van der Waals surface area contributed by atoms with E-state index < -0.39 is 0 Å². The van der Waals surface area contributed by atoms with E-state index in [2.05, 4.69) is 23.3 Å². The van der Waals surface area contributed by atoms with Crippen LogP contribution in [0.4, 0.5) is 5.69 Å². The Labute approximate surface area is 147 Å². The largest absolute Gasteiger partial charge is 0.488 e. The van der Waals surface area contributed by atoms with Gasteiger partial charge in [0.05, 0.1) is 6.54 Å². The van der Waals surface area contributed by atoms with Crippen molar-refractivity contribution in [3.8, 4) is 5.75 Å². The van der Waals surface area contributed by atoms with Crippen molar-refractivity contribution in [2.75, 3.05) is 11.9 Å². The summed E-state index contributed by atoms with van der Waals surface area (Å²) < 4.78 is 5.83. The summed E-state index contributed by atoms with van der Waals surface area (Å²) >= 11 is 0. The van der Waals surface area contributed by atoms with Crippen molar-refractivity contribution in [3.05, 3.63) is 59.7 Å². The quantitative estimate of drug-likeness (QED) is 0.465. The Bertz CT molecular complexity index is 630. The summed E-state index contributed by atoms with van der Waals surface area (Å²) in [5.74, 6) is 1.38. The van der Waals surface area contributed by atoms with Gasteiger partial charge in [-0.2, -0.15) is 0 Å². The van der Waals surface area contributed by atoms with Crippen LogP contribution in [0.2, 0.25) is 0 Å². The van der Waals surface area contributed by atoms with E-state index in [9.17, 15) is 0 Å². The molecule has 2 aromatic carbocycles. The number of nitrogens with zero attached hydrogens (tertiary/aromatic N) is 1. The lowest BCUT2D eigenvalue weighted by Gasteiger charge is -2.09. The molecule has 3 rings (SSSR count). The molecule has 0 aromatic heterocycles. The van der Waals surface area contributed by atoms with Gasteiger partial charge in [0.15, 0.2) is 5.96 Å². The summed E-state index contributed by atoms with van der Waals surface area (Å²) in [6.45, 7) is 2.61. The Hall–Kier alpha value is -1.76. The number of para-hydroxylation sites is 1. The van der Waals surface area contributed by atoms with Gasteiger partial charge in [0.25, 0.3) is 0 Å². The number of hydrogen-bond donors (Lipinski definition) is 2. The van der Waals surface area contributed by atoms with Crippen LogP contribution in [0.15, 0.2) is 53.5 Å². The zero-order valence-corrected chi connectivity index (χ0v) is 14.8. The van der Waals surface area contributed by atoms with Crippen molar-refractivity contribution in [1.29, 1.82) is 0 Å². The number of nitrogens with one attached hydrogen (secondary N) is 1. The summed E-state index contributed by atoms with van der Waals surface area (Å²) in [4.78, 5) is 4.37. The van der Waals surface area contributed by atoms with Gasteiger partial charge in [-0.05, 0) is 30.7 Å². The predicted octanol–water partition coefficient (Wildman–Crippen LogP) is 3.34. The molecule has 0 amide bonds. The molecule has 116 valence electrons. The van der Waals surface area contributed by atoms with Gasteiger partial charge in [-0.1, -0.05) is 35.9 Å². The first-order valence-electron chi connectivity index (χ1n) is 7.09. The maximum absolute atomic E-state index is 5.91. The van der Waals surface area contributed by atoms with Crippen LogP contribution in [0.1, 0.15) is 11.1 Å². The number of rotatable bonds is 3. The molecular formula is C17H20IN3O. The Morgan fingerprint density at radius 3 is 2.68 bits per heavy atom. The van der Waals surface area contributed by atoms with Crippen LogP contribution >= 0.6 is 24.0 Å². The molecule has 1 aliphatic rings. The molecule has 0 fully saturated rings. The molecule has 0 aliphatic carbocycles. The van der Waals surface area contributed by atoms with Crippen LogP contribution in [-0.2, 0) is 6.42 Å². The zero-order valence-electron chi connectivity index (χ0n) is 12.5. The third kappa shape index (κ3) is 4.13. The fourth-order valence-corrected chi connectivity index (χ4v) is 2.38. The summed E-state index contributed by atoms with van der Waals surface area (Å²) in [7, 11) is 0. The monoisotopic (exact) mass is 409 g/mol. The van der Waals surface area contributed by atoms with Gasteiger partial charge in [-0.25, -0.2) is 4.99 Å². The smallest absolute Gasteiger partial charge is 0.193 e. The number of anilines is 1. The molecule has 1 unspecified atom stereocenters. The third-order valence-electron chi connectivity index (χ3n) is 3.50. The molecule has 22 heavy (non-hydrogen) atoms. The van der Waals surface area contributed by atoms with Crippen molar-refractivity contribution in [2.24, 2.45) is 10.7 Å². The highest BCUT2D eigenvalue weighted by Gasteiger charge is 2.21. The van der Waals surface area contributed by atoms with E-state index in [1.54, 1.807) is 0 Å². The van der Waals surface area contributed by atoms with Crippen molar-refractivity contribution >= 4 is 35.6 Å². The first kappa shape index (κ1) is 16.6. The number of fused-ring (bicyclic) bond motifs is 1. The molecule has 1 atom stereocenters. The average Bonchev–Trinajstić information content (AvgIpc) is 2.90. The molecule has 2 aromatic rings. The fraction of sp³-hybridized carbons (Fsp3) is 0.235. The summed E-state index contributed by atoms with van der Waals surface area (Å²) in [6.07, 6.45) is 0.957. The zero-order chi connectivity index (χ0) is 14.7. The molecule has 0 saturated heterocycles. The van der Waals surface area contributed by atoms with Crippen LogP contribution in [-0.4, -0.2) is 18.6 Å². The number of guanidine groups is 1. The number of ether oxygens (including phenoxy) is 1. The minimum atomic E-state index is 0. The average molecular weight is 409 g/mol. The summed E-state index contributed by atoms with van der Waals surface area (Å²) in [5, 5.41) is 3.09. The van der Waals surface area contributed by atoms with Crippen molar-refractivity contribution in [2.45, 2.75) is 19.4 Å². The second-order valence-corrected chi connectivity index (χ2v) is 5.27. The van der Waals surface area contributed by atoms with Crippen molar-refractivity contribution < 1.29 is 4.74 Å². The lowest BCUT2D eigenvalue weighted by atomic mass is 10.1. The van der Waals surface area contributed by atoms with E-state index in [1.165, 1.54) is 11.1 Å². The summed E-state index contributed by atoms with van der Waals surface area (Å²) in [5.41, 5.74) is 9.31. The number of aryl methyl sites for hydroxylation is 1. The minimum Gasteiger partial charge on any atom is -0.488 e. The van der Waals surface area contributed by atoms with Gasteiger partial charge in [0, 0.05) is 12.1 Å². The highest BCUT2D eigenvalue weighted by molar-refractivity contribution is 14.0. The summed E-state index contributed by atoms with van der Waals surface area (Å²) in [6, 6.07) is 16.1. The first-order valence-corrected chi connectivity index (χ1v) is 7.09.